The van der Waals surface area contributed by atoms with Crippen LogP contribution in [-0.2, 0) is 17.9 Å². The van der Waals surface area contributed by atoms with Crippen LogP contribution in [0.5, 0.6) is 0 Å². The fraction of sp³-hybridized carbons (Fsp3) is 0.318. The van der Waals surface area contributed by atoms with Gasteiger partial charge in [0.1, 0.15) is 5.82 Å². The lowest BCUT2D eigenvalue weighted by atomic mass is 10.1. The molecule has 0 saturated carbocycles. The van der Waals surface area contributed by atoms with Crippen molar-refractivity contribution in [2.24, 2.45) is 5.92 Å². The van der Waals surface area contributed by atoms with Gasteiger partial charge in [-0.25, -0.2) is 4.39 Å². The second kappa shape index (κ2) is 9.69. The van der Waals surface area contributed by atoms with Crippen LogP contribution in [0.15, 0.2) is 53.7 Å². The fourth-order valence-electron chi connectivity index (χ4n) is 2.85. The summed E-state index contributed by atoms with van der Waals surface area (Å²) in [5.41, 5.74) is 2.65. The quantitative estimate of drug-likeness (QED) is 0.555. The number of aryl methyl sites for hydroxylation is 1. The maximum absolute atomic E-state index is 14.3. The zero-order valence-corrected chi connectivity index (χ0v) is 17.7. The molecule has 0 unspecified atom stereocenters. The Morgan fingerprint density at radius 1 is 1.14 bits per heavy atom. The smallest absolute Gasteiger partial charge is 0.230 e. The summed E-state index contributed by atoms with van der Waals surface area (Å²) >= 11 is 1.31. The number of carbonyl (C=O) groups is 1. The number of thioether (sulfide) groups is 1. The Morgan fingerprint density at radius 3 is 2.55 bits per heavy atom. The van der Waals surface area contributed by atoms with Crippen LogP contribution in [0.4, 0.5) is 4.39 Å². The average Bonchev–Trinajstić information content (AvgIpc) is 3.08. The van der Waals surface area contributed by atoms with Gasteiger partial charge in [0.05, 0.1) is 11.3 Å². The number of halogens is 1. The van der Waals surface area contributed by atoms with E-state index in [2.05, 4.69) is 29.4 Å². The maximum Gasteiger partial charge on any atom is 0.230 e. The zero-order valence-electron chi connectivity index (χ0n) is 16.9. The van der Waals surface area contributed by atoms with Crippen molar-refractivity contribution in [3.63, 3.8) is 0 Å². The van der Waals surface area contributed by atoms with E-state index in [0.717, 1.165) is 5.56 Å². The number of nitrogens with one attached hydrogen (secondary N) is 1. The molecule has 0 aliphatic heterocycles. The number of aromatic nitrogens is 3. The van der Waals surface area contributed by atoms with Gasteiger partial charge >= 0.3 is 0 Å². The molecule has 7 heteroatoms. The minimum Gasteiger partial charge on any atom is -0.351 e. The number of hydrogen-bond acceptors (Lipinski definition) is 4. The first kappa shape index (κ1) is 21.0. The van der Waals surface area contributed by atoms with Gasteiger partial charge < -0.3 is 9.88 Å². The third-order valence-electron chi connectivity index (χ3n) is 4.32. The van der Waals surface area contributed by atoms with Crippen molar-refractivity contribution in [3.8, 4) is 11.4 Å². The molecule has 0 saturated heterocycles. The third-order valence-corrected chi connectivity index (χ3v) is 5.29. The number of hydrogen-bond donors (Lipinski definition) is 1. The highest BCUT2D eigenvalue weighted by Gasteiger charge is 2.18. The largest absolute Gasteiger partial charge is 0.351 e. The van der Waals surface area contributed by atoms with Crippen molar-refractivity contribution in [1.29, 1.82) is 0 Å². The first-order valence-electron chi connectivity index (χ1n) is 9.57. The van der Waals surface area contributed by atoms with Crippen LogP contribution in [0, 0.1) is 18.7 Å². The summed E-state index contributed by atoms with van der Waals surface area (Å²) in [6, 6.07) is 14.6. The lowest BCUT2D eigenvalue weighted by Gasteiger charge is -2.13. The van der Waals surface area contributed by atoms with E-state index in [1.54, 1.807) is 18.2 Å². The molecule has 3 rings (SSSR count). The maximum atomic E-state index is 14.3. The van der Waals surface area contributed by atoms with Gasteiger partial charge in [0.15, 0.2) is 11.0 Å². The average molecular weight is 413 g/mol. The number of carbonyl (C=O) groups excluding carboxylic acids is 1. The molecule has 1 aromatic heterocycles. The lowest BCUT2D eigenvalue weighted by Crippen LogP contribution is -2.24. The van der Waals surface area contributed by atoms with E-state index in [1.807, 2.05) is 35.8 Å². The van der Waals surface area contributed by atoms with Crippen LogP contribution < -0.4 is 5.32 Å². The molecule has 1 heterocycles. The molecule has 0 aliphatic carbocycles. The van der Waals surface area contributed by atoms with E-state index >= 15 is 0 Å². The molecular formula is C22H25FN4OS. The highest BCUT2D eigenvalue weighted by molar-refractivity contribution is 7.99. The third kappa shape index (κ3) is 5.67. The molecule has 0 bridgehead atoms. The summed E-state index contributed by atoms with van der Waals surface area (Å²) in [5, 5.41) is 11.9. The lowest BCUT2D eigenvalue weighted by molar-refractivity contribution is -0.118. The molecule has 1 amide bonds. The minimum absolute atomic E-state index is 0.0814. The molecule has 0 radical (unpaired) electrons. The first-order chi connectivity index (χ1) is 13.9. The molecule has 3 aromatic rings. The Hall–Kier alpha value is -2.67. The Labute approximate surface area is 174 Å². The first-order valence-corrected chi connectivity index (χ1v) is 10.6. The second-order valence-corrected chi connectivity index (χ2v) is 8.28. The van der Waals surface area contributed by atoms with Crippen molar-refractivity contribution in [2.45, 2.75) is 39.0 Å². The highest BCUT2D eigenvalue weighted by Crippen LogP contribution is 2.26. The normalized spacial score (nSPS) is 11.1. The van der Waals surface area contributed by atoms with E-state index < -0.39 is 0 Å². The molecule has 5 nitrogen and oxygen atoms in total. The number of rotatable bonds is 8. The highest BCUT2D eigenvalue weighted by atomic mass is 32.2. The van der Waals surface area contributed by atoms with Crippen LogP contribution in [0.3, 0.4) is 0 Å². The molecule has 152 valence electrons. The number of nitrogens with zero attached hydrogens (tertiary/aromatic N) is 3. The van der Waals surface area contributed by atoms with E-state index in [4.69, 9.17) is 0 Å². The standard InChI is InChI=1S/C22H25FN4OS/c1-15(2)13-27-21(18-6-4-5-7-19(18)23)25-26-22(27)29-14-20(28)24-12-17-10-8-16(3)9-11-17/h4-11,15H,12-14H2,1-3H3,(H,24,28). The monoisotopic (exact) mass is 412 g/mol. The minimum atomic E-state index is -0.336. The summed E-state index contributed by atoms with van der Waals surface area (Å²) < 4.78 is 16.1. The topological polar surface area (TPSA) is 59.8 Å². The number of benzene rings is 2. The van der Waals surface area contributed by atoms with Crippen molar-refractivity contribution in [2.75, 3.05) is 5.75 Å². The molecule has 2 aromatic carbocycles. The molecule has 1 N–H and O–H groups in total. The van der Waals surface area contributed by atoms with Gasteiger partial charge in [-0.3, -0.25) is 4.79 Å². The van der Waals surface area contributed by atoms with Crippen LogP contribution in [0.25, 0.3) is 11.4 Å². The summed E-state index contributed by atoms with van der Waals surface area (Å²) in [4.78, 5) is 12.3. The Kier molecular flexibility index (Phi) is 7.04. The molecular weight excluding hydrogens is 387 g/mol. The van der Waals surface area contributed by atoms with E-state index in [-0.39, 0.29) is 17.5 Å². The summed E-state index contributed by atoms with van der Waals surface area (Å²) in [7, 11) is 0. The van der Waals surface area contributed by atoms with Crippen molar-refractivity contribution >= 4 is 17.7 Å². The zero-order chi connectivity index (χ0) is 20.8. The molecule has 0 atom stereocenters. The summed E-state index contributed by atoms with van der Waals surface area (Å²) in [6.07, 6.45) is 0. The summed E-state index contributed by atoms with van der Waals surface area (Å²) in [6.45, 7) is 7.31. The van der Waals surface area contributed by atoms with Crippen molar-refractivity contribution in [1.82, 2.24) is 20.1 Å². The van der Waals surface area contributed by atoms with Gasteiger partial charge in [0.25, 0.3) is 0 Å². The van der Waals surface area contributed by atoms with Gasteiger partial charge in [-0.05, 0) is 30.5 Å². The Bertz CT molecular complexity index is 969. The van der Waals surface area contributed by atoms with Crippen LogP contribution in [-0.4, -0.2) is 26.4 Å². The molecule has 0 spiro atoms. The van der Waals surface area contributed by atoms with Crippen molar-refractivity contribution < 1.29 is 9.18 Å². The van der Waals surface area contributed by atoms with Gasteiger partial charge in [-0.2, -0.15) is 0 Å². The predicted octanol–water partition coefficient (Wildman–Crippen LogP) is 4.46. The summed E-state index contributed by atoms with van der Waals surface area (Å²) in [5.74, 6) is 0.615. The van der Waals surface area contributed by atoms with Crippen molar-refractivity contribution in [3.05, 3.63) is 65.5 Å². The second-order valence-electron chi connectivity index (χ2n) is 7.34. The van der Waals surface area contributed by atoms with Crippen LogP contribution in [0.2, 0.25) is 0 Å². The van der Waals surface area contributed by atoms with E-state index in [0.29, 0.717) is 35.6 Å². The predicted molar refractivity (Wildman–Crippen MR) is 114 cm³/mol. The SMILES string of the molecule is Cc1ccc(CNC(=O)CSc2nnc(-c3ccccc3F)n2CC(C)C)cc1. The molecule has 29 heavy (non-hydrogen) atoms. The Morgan fingerprint density at radius 2 is 1.86 bits per heavy atom. The van der Waals surface area contributed by atoms with Crippen LogP contribution in [0.1, 0.15) is 25.0 Å². The van der Waals surface area contributed by atoms with E-state index in [1.165, 1.54) is 23.4 Å². The van der Waals surface area contributed by atoms with Crippen LogP contribution >= 0.6 is 11.8 Å². The van der Waals surface area contributed by atoms with Gasteiger partial charge in [-0.15, -0.1) is 10.2 Å². The number of amides is 1. The van der Waals surface area contributed by atoms with Gasteiger partial charge in [0.2, 0.25) is 5.91 Å². The van der Waals surface area contributed by atoms with Gasteiger partial charge in [0, 0.05) is 13.1 Å². The van der Waals surface area contributed by atoms with Gasteiger partial charge in [-0.1, -0.05) is 67.6 Å². The van der Waals surface area contributed by atoms with E-state index in [9.17, 15) is 9.18 Å². The Balaban J connectivity index is 1.67. The molecule has 0 aliphatic rings. The fourth-order valence-corrected chi connectivity index (χ4v) is 3.63. The molecule has 0 fully saturated rings.